The summed E-state index contributed by atoms with van der Waals surface area (Å²) in [6.07, 6.45) is 4.52. The zero-order valence-electron chi connectivity index (χ0n) is 17.6. The van der Waals surface area contributed by atoms with E-state index in [1.54, 1.807) is 38.1 Å². The number of hydrogen-bond acceptors (Lipinski definition) is 5. The van der Waals surface area contributed by atoms with Gasteiger partial charge < -0.3 is 14.1 Å². The van der Waals surface area contributed by atoms with Crippen molar-refractivity contribution in [2.45, 2.75) is 45.6 Å². The van der Waals surface area contributed by atoms with Gasteiger partial charge >= 0.3 is 0 Å². The lowest BCUT2D eigenvalue weighted by Gasteiger charge is -2.40. The van der Waals surface area contributed by atoms with Crippen LogP contribution in [0.25, 0.3) is 0 Å². The lowest BCUT2D eigenvalue weighted by molar-refractivity contribution is -0.137. The minimum absolute atomic E-state index is 0.0733. The molecule has 0 radical (unpaired) electrons. The highest BCUT2D eigenvalue weighted by molar-refractivity contribution is 6.11. The fourth-order valence-corrected chi connectivity index (χ4v) is 4.04. The van der Waals surface area contributed by atoms with Crippen LogP contribution >= 0.6 is 0 Å². The number of carbonyl (C=O) groups excluding carboxylic acids is 3. The maximum atomic E-state index is 13.1. The first-order chi connectivity index (χ1) is 14.3. The number of likely N-dealkylation sites (tertiary alicyclic amines) is 1. The Morgan fingerprint density at radius 2 is 1.87 bits per heavy atom. The Hall–Kier alpha value is -3.09. The number of nitrogens with zero attached hydrogens (tertiary/aromatic N) is 2. The van der Waals surface area contributed by atoms with Gasteiger partial charge in [-0.2, -0.15) is 0 Å². The number of furan rings is 1. The second kappa shape index (κ2) is 7.63. The molecule has 0 N–H and O–H groups in total. The molecule has 3 heterocycles. The third-order valence-corrected chi connectivity index (χ3v) is 5.71. The second-order valence-corrected chi connectivity index (χ2v) is 8.39. The Morgan fingerprint density at radius 3 is 2.53 bits per heavy atom. The zero-order valence-corrected chi connectivity index (χ0v) is 17.6. The molecule has 7 heteroatoms. The maximum absolute atomic E-state index is 13.1. The zero-order chi connectivity index (χ0) is 21.5. The van der Waals surface area contributed by atoms with Crippen LogP contribution in [-0.2, 0) is 9.59 Å². The summed E-state index contributed by atoms with van der Waals surface area (Å²) < 4.78 is 11.2. The van der Waals surface area contributed by atoms with Crippen LogP contribution in [-0.4, -0.2) is 47.7 Å². The van der Waals surface area contributed by atoms with Gasteiger partial charge in [0.15, 0.2) is 11.4 Å². The van der Waals surface area contributed by atoms with Crippen molar-refractivity contribution < 1.29 is 23.5 Å². The SMILES string of the molecule is Cc1cc2c(cc1C(=O)c1ccco1)N(CC(=O)N1CCCCC1)C(=O)C(C)(C)O2. The molecule has 1 saturated heterocycles. The first-order valence-electron chi connectivity index (χ1n) is 10.3. The molecule has 2 aliphatic heterocycles. The van der Waals surface area contributed by atoms with Gasteiger partial charge in [-0.25, -0.2) is 0 Å². The monoisotopic (exact) mass is 410 g/mol. The normalized spacial score (nSPS) is 18.0. The van der Waals surface area contributed by atoms with E-state index in [4.69, 9.17) is 9.15 Å². The number of fused-ring (bicyclic) bond motifs is 1. The van der Waals surface area contributed by atoms with Gasteiger partial charge in [0.25, 0.3) is 5.91 Å². The molecule has 4 rings (SSSR count). The van der Waals surface area contributed by atoms with Gasteiger partial charge in [0.2, 0.25) is 11.7 Å². The highest BCUT2D eigenvalue weighted by Gasteiger charge is 2.42. The Balaban J connectivity index is 1.72. The summed E-state index contributed by atoms with van der Waals surface area (Å²) in [6, 6.07) is 6.63. The number of ketones is 1. The lowest BCUT2D eigenvalue weighted by Crippen LogP contribution is -2.55. The van der Waals surface area contributed by atoms with Crippen LogP contribution in [0, 0.1) is 6.92 Å². The lowest BCUT2D eigenvalue weighted by atomic mass is 9.97. The van der Waals surface area contributed by atoms with Crippen molar-refractivity contribution in [3.05, 3.63) is 47.4 Å². The van der Waals surface area contributed by atoms with Gasteiger partial charge in [-0.15, -0.1) is 0 Å². The predicted molar refractivity (Wildman–Crippen MR) is 111 cm³/mol. The van der Waals surface area contributed by atoms with Gasteiger partial charge in [0.05, 0.1) is 12.0 Å². The summed E-state index contributed by atoms with van der Waals surface area (Å²) in [5.74, 6) is 0.0311. The van der Waals surface area contributed by atoms with E-state index >= 15 is 0 Å². The molecule has 1 aromatic heterocycles. The van der Waals surface area contributed by atoms with E-state index in [0.29, 0.717) is 35.7 Å². The molecule has 0 unspecified atom stereocenters. The third kappa shape index (κ3) is 3.60. The highest BCUT2D eigenvalue weighted by Crippen LogP contribution is 2.40. The van der Waals surface area contributed by atoms with Crippen molar-refractivity contribution in [3.8, 4) is 5.75 Å². The number of hydrogen-bond donors (Lipinski definition) is 0. The maximum Gasteiger partial charge on any atom is 0.271 e. The molecule has 2 amide bonds. The molecule has 0 bridgehead atoms. The van der Waals surface area contributed by atoms with E-state index in [1.807, 2.05) is 11.8 Å². The van der Waals surface area contributed by atoms with Crippen molar-refractivity contribution in [2.75, 3.05) is 24.5 Å². The van der Waals surface area contributed by atoms with Crippen LogP contribution in [0.2, 0.25) is 0 Å². The van der Waals surface area contributed by atoms with Gasteiger partial charge in [0, 0.05) is 18.7 Å². The molecule has 2 aliphatic rings. The Bertz CT molecular complexity index is 987. The molecular formula is C23H26N2O5. The van der Waals surface area contributed by atoms with Crippen molar-refractivity contribution in [1.29, 1.82) is 0 Å². The van der Waals surface area contributed by atoms with Crippen LogP contribution in [0.5, 0.6) is 5.75 Å². The standard InChI is InChI=1S/C23H26N2O5/c1-15-12-19-17(13-16(15)21(27)18-8-7-11-29-18)25(22(28)23(2,3)30-19)14-20(26)24-9-5-4-6-10-24/h7-8,11-13H,4-6,9-10,14H2,1-3H3. The molecule has 1 aromatic carbocycles. The van der Waals surface area contributed by atoms with E-state index in [2.05, 4.69) is 0 Å². The Morgan fingerprint density at radius 1 is 1.13 bits per heavy atom. The number of benzene rings is 1. The summed E-state index contributed by atoms with van der Waals surface area (Å²) in [5.41, 5.74) is 0.455. The minimum Gasteiger partial charge on any atom is -0.476 e. The van der Waals surface area contributed by atoms with Crippen LogP contribution in [0.4, 0.5) is 5.69 Å². The molecule has 2 aromatic rings. The van der Waals surface area contributed by atoms with Crippen molar-refractivity contribution >= 4 is 23.3 Å². The average Bonchev–Trinajstić information content (AvgIpc) is 3.26. The summed E-state index contributed by atoms with van der Waals surface area (Å²) >= 11 is 0. The summed E-state index contributed by atoms with van der Waals surface area (Å²) in [4.78, 5) is 42.2. The Kier molecular flexibility index (Phi) is 5.13. The van der Waals surface area contributed by atoms with E-state index in [1.165, 1.54) is 11.2 Å². The summed E-state index contributed by atoms with van der Waals surface area (Å²) in [5, 5.41) is 0. The summed E-state index contributed by atoms with van der Waals surface area (Å²) in [6.45, 7) is 6.54. The van der Waals surface area contributed by atoms with Gasteiger partial charge in [0.1, 0.15) is 12.3 Å². The number of carbonyl (C=O) groups is 3. The van der Waals surface area contributed by atoms with Crippen LogP contribution < -0.4 is 9.64 Å². The first-order valence-corrected chi connectivity index (χ1v) is 10.3. The van der Waals surface area contributed by atoms with Crippen LogP contribution in [0.15, 0.2) is 34.9 Å². The number of rotatable bonds is 4. The predicted octanol–water partition coefficient (Wildman–Crippen LogP) is 3.34. The largest absolute Gasteiger partial charge is 0.476 e. The van der Waals surface area contributed by atoms with Gasteiger partial charge in [-0.05, 0) is 69.9 Å². The molecule has 0 aliphatic carbocycles. The number of amides is 2. The molecule has 158 valence electrons. The second-order valence-electron chi connectivity index (χ2n) is 8.39. The minimum atomic E-state index is -1.10. The molecule has 0 spiro atoms. The van der Waals surface area contributed by atoms with Crippen molar-refractivity contribution in [3.63, 3.8) is 0 Å². The van der Waals surface area contributed by atoms with Crippen molar-refractivity contribution in [2.24, 2.45) is 0 Å². The van der Waals surface area contributed by atoms with Crippen LogP contribution in [0.1, 0.15) is 54.8 Å². The third-order valence-electron chi connectivity index (χ3n) is 5.71. The van der Waals surface area contributed by atoms with E-state index < -0.39 is 5.60 Å². The molecule has 1 fully saturated rings. The molecule has 0 saturated carbocycles. The smallest absolute Gasteiger partial charge is 0.271 e. The van der Waals surface area contributed by atoms with Crippen molar-refractivity contribution in [1.82, 2.24) is 4.90 Å². The number of aryl methyl sites for hydroxylation is 1. The highest BCUT2D eigenvalue weighted by atomic mass is 16.5. The van der Waals surface area contributed by atoms with E-state index in [9.17, 15) is 14.4 Å². The topological polar surface area (TPSA) is 80.1 Å². The van der Waals surface area contributed by atoms with Crippen LogP contribution in [0.3, 0.4) is 0 Å². The van der Waals surface area contributed by atoms with Gasteiger partial charge in [-0.1, -0.05) is 0 Å². The molecule has 30 heavy (non-hydrogen) atoms. The number of anilines is 1. The molecule has 7 nitrogen and oxygen atoms in total. The number of ether oxygens (including phenoxy) is 1. The first kappa shape index (κ1) is 20.2. The van der Waals surface area contributed by atoms with E-state index in [0.717, 1.165) is 19.3 Å². The quantitative estimate of drug-likeness (QED) is 0.723. The molecular weight excluding hydrogens is 384 g/mol. The summed E-state index contributed by atoms with van der Waals surface area (Å²) in [7, 11) is 0. The Labute approximate surface area is 175 Å². The van der Waals surface area contributed by atoms with Gasteiger partial charge in [-0.3, -0.25) is 19.3 Å². The fraction of sp³-hybridized carbons (Fsp3) is 0.435. The van der Waals surface area contributed by atoms with E-state index in [-0.39, 0.29) is 29.9 Å². The average molecular weight is 410 g/mol. The molecule has 0 atom stereocenters. The fourth-order valence-electron chi connectivity index (χ4n) is 4.04. The number of piperidine rings is 1.